The molecule has 4 heteroatoms. The van der Waals surface area contributed by atoms with Crippen LogP contribution < -0.4 is 0 Å². The Morgan fingerprint density at radius 1 is 1.30 bits per heavy atom. The molecule has 0 radical (unpaired) electrons. The van der Waals surface area contributed by atoms with Gasteiger partial charge in [-0.1, -0.05) is 6.92 Å². The van der Waals surface area contributed by atoms with Crippen molar-refractivity contribution in [2.75, 3.05) is 0 Å². The fourth-order valence-corrected chi connectivity index (χ4v) is 3.42. The zero-order valence-corrected chi connectivity index (χ0v) is 13.7. The molecule has 0 bridgehead atoms. The van der Waals surface area contributed by atoms with Crippen molar-refractivity contribution in [3.63, 3.8) is 0 Å². The van der Waals surface area contributed by atoms with Gasteiger partial charge in [-0.05, 0) is 47.1 Å². The third kappa shape index (κ3) is 2.63. The highest BCUT2D eigenvalue weighted by Gasteiger charge is 2.56. The van der Waals surface area contributed by atoms with Gasteiger partial charge in [-0.25, -0.2) is 0 Å². The van der Waals surface area contributed by atoms with E-state index in [2.05, 4.69) is 25.0 Å². The van der Waals surface area contributed by atoms with Crippen LogP contribution in [-0.2, 0) is 24.1 Å². The molecule has 0 aliphatic carbocycles. The average molecular weight is 280 g/mol. The summed E-state index contributed by atoms with van der Waals surface area (Å²) >= 11 is 0. The van der Waals surface area contributed by atoms with Crippen LogP contribution in [0.5, 0.6) is 0 Å². The Hall–Kier alpha value is -0.870. The lowest BCUT2D eigenvalue weighted by molar-refractivity contribution is -0.126. The predicted molar refractivity (Wildman–Crippen MR) is 79.8 cm³/mol. The normalized spacial score (nSPS) is 27.9. The highest BCUT2D eigenvalue weighted by atomic mass is 16.5. The summed E-state index contributed by atoms with van der Waals surface area (Å²) in [6.45, 7) is 13.1. The van der Waals surface area contributed by atoms with Crippen LogP contribution in [-0.4, -0.2) is 31.7 Å². The fourth-order valence-electron chi connectivity index (χ4n) is 3.42. The number of hydrogen-bond acceptors (Lipinski definition) is 3. The van der Waals surface area contributed by atoms with Crippen molar-refractivity contribution in [1.82, 2.24) is 9.78 Å². The summed E-state index contributed by atoms with van der Waals surface area (Å²) in [6.07, 6.45) is 2.15. The first kappa shape index (κ1) is 15.5. The molecular weight excluding hydrogens is 252 g/mol. The van der Waals surface area contributed by atoms with Gasteiger partial charge in [0, 0.05) is 25.1 Å². The van der Waals surface area contributed by atoms with E-state index in [0.29, 0.717) is 12.8 Å². The average Bonchev–Trinajstić information content (AvgIpc) is 2.74. The van der Waals surface area contributed by atoms with Gasteiger partial charge >= 0.3 is 0 Å². The van der Waals surface area contributed by atoms with Gasteiger partial charge in [0.1, 0.15) is 5.60 Å². The second-order valence-corrected chi connectivity index (χ2v) is 7.05. The summed E-state index contributed by atoms with van der Waals surface area (Å²) in [6, 6.07) is 2.11. The van der Waals surface area contributed by atoms with Crippen LogP contribution in [0, 0.1) is 0 Å². The van der Waals surface area contributed by atoms with E-state index in [1.54, 1.807) is 0 Å². The van der Waals surface area contributed by atoms with Gasteiger partial charge in [0.05, 0.1) is 16.9 Å². The summed E-state index contributed by atoms with van der Waals surface area (Å²) < 4.78 is 8.05. The summed E-state index contributed by atoms with van der Waals surface area (Å²) in [4.78, 5) is 0. The molecule has 0 aromatic carbocycles. The lowest BCUT2D eigenvalue weighted by Gasteiger charge is -2.35. The highest BCUT2D eigenvalue weighted by molar-refractivity contribution is 5.18. The van der Waals surface area contributed by atoms with Crippen LogP contribution in [0.15, 0.2) is 6.07 Å². The van der Waals surface area contributed by atoms with Crippen LogP contribution in [0.25, 0.3) is 0 Å². The Labute approximate surface area is 122 Å². The molecular formula is C16H28N2O2. The van der Waals surface area contributed by atoms with E-state index >= 15 is 0 Å². The number of rotatable bonds is 4. The minimum absolute atomic E-state index is 0.289. The topological polar surface area (TPSA) is 47.3 Å². The fraction of sp³-hybridized carbons (Fsp3) is 0.812. The van der Waals surface area contributed by atoms with Crippen molar-refractivity contribution in [3.8, 4) is 0 Å². The smallest absolute Gasteiger partial charge is 0.101 e. The van der Waals surface area contributed by atoms with Gasteiger partial charge in [0.2, 0.25) is 0 Å². The number of aromatic nitrogens is 2. The summed E-state index contributed by atoms with van der Waals surface area (Å²) in [7, 11) is 0. The molecule has 2 rings (SSSR count). The van der Waals surface area contributed by atoms with Crippen LogP contribution in [0.2, 0.25) is 0 Å². The van der Waals surface area contributed by atoms with E-state index in [1.165, 1.54) is 0 Å². The molecule has 20 heavy (non-hydrogen) atoms. The molecule has 2 heterocycles. The number of aryl methyl sites for hydroxylation is 2. The molecule has 0 spiro atoms. The summed E-state index contributed by atoms with van der Waals surface area (Å²) in [5, 5.41) is 15.7. The van der Waals surface area contributed by atoms with E-state index in [9.17, 15) is 5.11 Å². The van der Waals surface area contributed by atoms with Crippen molar-refractivity contribution in [2.45, 2.75) is 84.2 Å². The maximum absolute atomic E-state index is 11.1. The van der Waals surface area contributed by atoms with E-state index in [4.69, 9.17) is 4.74 Å². The van der Waals surface area contributed by atoms with Crippen LogP contribution in [0.3, 0.4) is 0 Å². The van der Waals surface area contributed by atoms with Crippen molar-refractivity contribution in [1.29, 1.82) is 0 Å². The second kappa shape index (κ2) is 4.85. The van der Waals surface area contributed by atoms with E-state index in [-0.39, 0.29) is 5.60 Å². The van der Waals surface area contributed by atoms with Crippen molar-refractivity contribution in [2.24, 2.45) is 0 Å². The standard InChI is InChI=1S/C16H28N2O2/c1-7-12-9-13(18(8-2)17-12)10-16(19)11-14(3,4)20-15(16,5)6/h9,19H,7-8,10-11H2,1-6H3. The largest absolute Gasteiger partial charge is 0.386 e. The number of hydrogen-bond donors (Lipinski definition) is 1. The third-order valence-corrected chi connectivity index (χ3v) is 4.42. The van der Waals surface area contributed by atoms with E-state index in [1.807, 2.05) is 32.4 Å². The van der Waals surface area contributed by atoms with Gasteiger partial charge in [0.25, 0.3) is 0 Å². The molecule has 1 atom stereocenters. The molecule has 1 fully saturated rings. The Kier molecular flexibility index (Phi) is 3.76. The minimum atomic E-state index is -0.853. The van der Waals surface area contributed by atoms with Crippen LogP contribution in [0.1, 0.15) is 59.4 Å². The molecule has 114 valence electrons. The second-order valence-electron chi connectivity index (χ2n) is 7.05. The van der Waals surface area contributed by atoms with E-state index in [0.717, 1.165) is 24.4 Å². The maximum Gasteiger partial charge on any atom is 0.101 e. The zero-order chi connectivity index (χ0) is 15.2. The molecule has 0 saturated carbocycles. The Bertz CT molecular complexity index is 491. The number of nitrogens with zero attached hydrogens (tertiary/aromatic N) is 2. The SMILES string of the molecule is CCc1cc(CC2(O)CC(C)(C)OC2(C)C)n(CC)n1. The zero-order valence-electron chi connectivity index (χ0n) is 13.7. The van der Waals surface area contributed by atoms with Crippen LogP contribution >= 0.6 is 0 Å². The molecule has 1 aromatic rings. The molecule has 1 aliphatic rings. The predicted octanol–water partition coefficient (Wildman–Crippen LogP) is 2.72. The Balaban J connectivity index is 2.31. The van der Waals surface area contributed by atoms with Gasteiger partial charge in [-0.3, -0.25) is 4.68 Å². The van der Waals surface area contributed by atoms with Crippen molar-refractivity contribution >= 4 is 0 Å². The molecule has 0 amide bonds. The van der Waals surface area contributed by atoms with Crippen molar-refractivity contribution in [3.05, 3.63) is 17.5 Å². The minimum Gasteiger partial charge on any atom is -0.386 e. The van der Waals surface area contributed by atoms with Gasteiger partial charge in [-0.15, -0.1) is 0 Å². The first-order valence-corrected chi connectivity index (χ1v) is 7.60. The van der Waals surface area contributed by atoms with Crippen molar-refractivity contribution < 1.29 is 9.84 Å². The number of aliphatic hydroxyl groups is 1. The van der Waals surface area contributed by atoms with Crippen LogP contribution in [0.4, 0.5) is 0 Å². The molecule has 1 aliphatic heterocycles. The number of ether oxygens (including phenoxy) is 1. The molecule has 1 N–H and O–H groups in total. The molecule has 1 saturated heterocycles. The lowest BCUT2D eigenvalue weighted by Crippen LogP contribution is -2.48. The molecule has 1 aromatic heterocycles. The Morgan fingerprint density at radius 3 is 2.40 bits per heavy atom. The Morgan fingerprint density at radius 2 is 1.95 bits per heavy atom. The van der Waals surface area contributed by atoms with Gasteiger partial charge in [-0.2, -0.15) is 5.10 Å². The summed E-state index contributed by atoms with van der Waals surface area (Å²) in [5.41, 5.74) is 0.492. The highest BCUT2D eigenvalue weighted by Crippen LogP contribution is 2.46. The van der Waals surface area contributed by atoms with Gasteiger partial charge < -0.3 is 9.84 Å². The first-order chi connectivity index (χ1) is 9.12. The lowest BCUT2D eigenvalue weighted by atomic mass is 9.79. The quantitative estimate of drug-likeness (QED) is 0.922. The maximum atomic E-state index is 11.1. The summed E-state index contributed by atoms with van der Waals surface area (Å²) in [5.74, 6) is 0. The monoisotopic (exact) mass is 280 g/mol. The first-order valence-electron chi connectivity index (χ1n) is 7.60. The molecule has 1 unspecified atom stereocenters. The third-order valence-electron chi connectivity index (χ3n) is 4.42. The van der Waals surface area contributed by atoms with Gasteiger partial charge in [0.15, 0.2) is 0 Å². The van der Waals surface area contributed by atoms with E-state index < -0.39 is 11.2 Å². The molecule has 4 nitrogen and oxygen atoms in total.